The maximum Gasteiger partial charge on any atom is 0.341 e. The van der Waals surface area contributed by atoms with Gasteiger partial charge in [-0.2, -0.15) is 0 Å². The summed E-state index contributed by atoms with van der Waals surface area (Å²) < 4.78 is 10.0. The molecule has 4 aromatic carbocycles. The zero-order chi connectivity index (χ0) is 29.4. The number of ether oxygens (including phenoxy) is 1. The minimum absolute atomic E-state index is 0.0137. The molecule has 7 nitrogen and oxygen atoms in total. The van der Waals surface area contributed by atoms with Crippen LogP contribution in [-0.4, -0.2) is 26.5 Å². The van der Waals surface area contributed by atoms with E-state index in [-0.39, 0.29) is 12.3 Å². The van der Waals surface area contributed by atoms with Crippen molar-refractivity contribution in [1.29, 1.82) is 0 Å². The molecule has 0 amide bonds. The molecular formula is C35H31N3O4. The number of aromatic nitrogens is 2. The SMILES string of the molecule is CCOC(=O)c1c(-c2ccc(C(C)C)cc2)c2n(Cc3ccccc3)c3ccccc3n2c1-c1ccc([N+](=O)[O-])cc1. The molecule has 42 heavy (non-hydrogen) atoms. The molecular weight excluding hydrogens is 526 g/mol. The first-order chi connectivity index (χ1) is 20.4. The van der Waals surface area contributed by atoms with E-state index in [0.29, 0.717) is 29.3 Å². The van der Waals surface area contributed by atoms with Gasteiger partial charge in [0.15, 0.2) is 0 Å². The Hall–Kier alpha value is -5.17. The fraction of sp³-hybridized carbons (Fsp3) is 0.171. The average molecular weight is 558 g/mol. The van der Waals surface area contributed by atoms with Gasteiger partial charge in [0, 0.05) is 24.2 Å². The summed E-state index contributed by atoms with van der Waals surface area (Å²) in [5.41, 5.74) is 8.52. The van der Waals surface area contributed by atoms with E-state index < -0.39 is 10.9 Å². The van der Waals surface area contributed by atoms with Crippen LogP contribution in [0.5, 0.6) is 0 Å². The zero-order valence-electron chi connectivity index (χ0n) is 23.8. The summed E-state index contributed by atoms with van der Waals surface area (Å²) in [7, 11) is 0. The molecule has 2 heterocycles. The zero-order valence-corrected chi connectivity index (χ0v) is 23.8. The number of non-ortho nitro benzene ring substituents is 1. The Morgan fingerprint density at radius 1 is 0.833 bits per heavy atom. The Bertz CT molecular complexity index is 1920. The highest BCUT2D eigenvalue weighted by Crippen LogP contribution is 2.43. The van der Waals surface area contributed by atoms with Crippen molar-refractivity contribution < 1.29 is 14.5 Å². The lowest BCUT2D eigenvalue weighted by Gasteiger charge is -2.12. The van der Waals surface area contributed by atoms with Crippen LogP contribution in [0.4, 0.5) is 5.69 Å². The number of nitro groups is 1. The van der Waals surface area contributed by atoms with Crippen molar-refractivity contribution in [2.75, 3.05) is 6.61 Å². The number of fused-ring (bicyclic) bond motifs is 3. The Labute approximate surface area is 243 Å². The molecule has 0 spiro atoms. The van der Waals surface area contributed by atoms with Crippen molar-refractivity contribution in [3.05, 3.63) is 130 Å². The number of nitrogens with zero attached hydrogens (tertiary/aromatic N) is 3. The average Bonchev–Trinajstić information content (AvgIpc) is 3.51. The number of imidazole rings is 1. The molecule has 2 aromatic heterocycles. The lowest BCUT2D eigenvalue weighted by atomic mass is 9.96. The maximum atomic E-state index is 13.9. The monoisotopic (exact) mass is 557 g/mol. The normalized spacial score (nSPS) is 11.4. The molecule has 0 aliphatic rings. The van der Waals surface area contributed by atoms with Crippen LogP contribution in [0.2, 0.25) is 0 Å². The molecule has 210 valence electrons. The van der Waals surface area contributed by atoms with Crippen LogP contribution in [0.15, 0.2) is 103 Å². The Kier molecular flexibility index (Phi) is 7.08. The lowest BCUT2D eigenvalue weighted by Crippen LogP contribution is -2.08. The first kappa shape index (κ1) is 27.0. The first-order valence-electron chi connectivity index (χ1n) is 14.1. The van der Waals surface area contributed by atoms with E-state index in [0.717, 1.165) is 33.4 Å². The first-order valence-corrected chi connectivity index (χ1v) is 14.1. The molecule has 0 saturated carbocycles. The minimum atomic E-state index is -0.437. The number of hydrogen-bond donors (Lipinski definition) is 0. The molecule has 0 aliphatic carbocycles. The van der Waals surface area contributed by atoms with Crippen LogP contribution in [0.1, 0.15) is 48.2 Å². The van der Waals surface area contributed by atoms with Gasteiger partial charge in [0.1, 0.15) is 5.65 Å². The van der Waals surface area contributed by atoms with Crippen molar-refractivity contribution >= 4 is 28.3 Å². The Balaban J connectivity index is 1.77. The van der Waals surface area contributed by atoms with Crippen molar-refractivity contribution in [3.63, 3.8) is 0 Å². The highest BCUT2D eigenvalue weighted by molar-refractivity contribution is 6.10. The highest BCUT2D eigenvalue weighted by Gasteiger charge is 2.31. The minimum Gasteiger partial charge on any atom is -0.462 e. The van der Waals surface area contributed by atoms with Gasteiger partial charge in [-0.1, -0.05) is 80.6 Å². The molecule has 6 aromatic rings. The lowest BCUT2D eigenvalue weighted by molar-refractivity contribution is -0.384. The van der Waals surface area contributed by atoms with Gasteiger partial charge in [-0.15, -0.1) is 0 Å². The molecule has 0 unspecified atom stereocenters. The number of carbonyl (C=O) groups is 1. The van der Waals surface area contributed by atoms with Crippen LogP contribution >= 0.6 is 0 Å². The van der Waals surface area contributed by atoms with E-state index in [1.54, 1.807) is 19.1 Å². The van der Waals surface area contributed by atoms with E-state index in [9.17, 15) is 14.9 Å². The van der Waals surface area contributed by atoms with Gasteiger partial charge in [0.2, 0.25) is 0 Å². The van der Waals surface area contributed by atoms with Crippen molar-refractivity contribution in [1.82, 2.24) is 8.97 Å². The number of benzene rings is 4. The summed E-state index contributed by atoms with van der Waals surface area (Å²) >= 11 is 0. The molecule has 0 radical (unpaired) electrons. The molecule has 0 aliphatic heterocycles. The van der Waals surface area contributed by atoms with Crippen LogP contribution < -0.4 is 0 Å². The number of carbonyl (C=O) groups excluding carboxylic acids is 1. The van der Waals surface area contributed by atoms with E-state index in [4.69, 9.17) is 4.74 Å². The molecule has 0 fully saturated rings. The topological polar surface area (TPSA) is 78.8 Å². The summed E-state index contributed by atoms with van der Waals surface area (Å²) in [6, 6.07) is 33.1. The second-order valence-corrected chi connectivity index (χ2v) is 10.6. The predicted octanol–water partition coefficient (Wildman–Crippen LogP) is 8.48. The van der Waals surface area contributed by atoms with Crippen LogP contribution in [0.25, 0.3) is 39.1 Å². The smallest absolute Gasteiger partial charge is 0.341 e. The third-order valence-corrected chi connectivity index (χ3v) is 7.70. The summed E-state index contributed by atoms with van der Waals surface area (Å²) in [5.74, 6) is -0.0781. The van der Waals surface area contributed by atoms with Gasteiger partial charge < -0.3 is 9.30 Å². The molecule has 0 bridgehead atoms. The Morgan fingerprint density at radius 2 is 1.45 bits per heavy atom. The Morgan fingerprint density at radius 3 is 2.07 bits per heavy atom. The third kappa shape index (κ3) is 4.63. The van der Waals surface area contributed by atoms with E-state index in [1.807, 2.05) is 36.4 Å². The van der Waals surface area contributed by atoms with Gasteiger partial charge in [-0.05, 0) is 59.4 Å². The fourth-order valence-corrected chi connectivity index (χ4v) is 5.70. The molecule has 0 atom stereocenters. The van der Waals surface area contributed by atoms with Crippen LogP contribution in [-0.2, 0) is 11.3 Å². The number of esters is 1. The van der Waals surface area contributed by atoms with Gasteiger partial charge in [-0.3, -0.25) is 14.5 Å². The summed E-state index contributed by atoms with van der Waals surface area (Å²) in [6.45, 7) is 6.90. The third-order valence-electron chi connectivity index (χ3n) is 7.70. The van der Waals surface area contributed by atoms with Gasteiger partial charge in [-0.25, -0.2) is 4.79 Å². The van der Waals surface area contributed by atoms with E-state index in [1.165, 1.54) is 17.7 Å². The molecule has 0 saturated heterocycles. The number of rotatable bonds is 8. The van der Waals surface area contributed by atoms with Crippen molar-refractivity contribution in [3.8, 4) is 22.4 Å². The van der Waals surface area contributed by atoms with Gasteiger partial charge in [0.25, 0.3) is 5.69 Å². The summed E-state index contributed by atoms with van der Waals surface area (Å²) in [4.78, 5) is 24.9. The quantitative estimate of drug-likeness (QED) is 0.107. The standard InChI is InChI=1S/C35H31N3O4/c1-4-42-35(39)32-31(26-16-14-25(15-17-26)23(2)3)34-36(22-24-10-6-5-7-11-24)29-12-8-9-13-30(29)37(34)33(32)27-18-20-28(21-19-27)38(40)41/h5-21,23H,4,22H2,1-3H3. The van der Waals surface area contributed by atoms with E-state index in [2.05, 4.69) is 65.3 Å². The molecule has 6 rings (SSSR count). The second kappa shape index (κ2) is 11.0. The number of para-hydroxylation sites is 2. The van der Waals surface area contributed by atoms with E-state index >= 15 is 0 Å². The molecule has 0 N–H and O–H groups in total. The highest BCUT2D eigenvalue weighted by atomic mass is 16.6. The van der Waals surface area contributed by atoms with Crippen LogP contribution in [0, 0.1) is 10.1 Å². The van der Waals surface area contributed by atoms with Crippen molar-refractivity contribution in [2.24, 2.45) is 0 Å². The summed E-state index contributed by atoms with van der Waals surface area (Å²) in [5, 5.41) is 11.5. The summed E-state index contributed by atoms with van der Waals surface area (Å²) in [6.07, 6.45) is 0. The van der Waals surface area contributed by atoms with Crippen molar-refractivity contribution in [2.45, 2.75) is 33.2 Å². The molecule has 7 heteroatoms. The number of nitro benzene ring substituents is 1. The van der Waals surface area contributed by atoms with Crippen LogP contribution in [0.3, 0.4) is 0 Å². The predicted molar refractivity (Wildman–Crippen MR) is 166 cm³/mol. The largest absolute Gasteiger partial charge is 0.462 e. The maximum absolute atomic E-state index is 13.9. The second-order valence-electron chi connectivity index (χ2n) is 10.6. The van der Waals surface area contributed by atoms with Gasteiger partial charge >= 0.3 is 5.97 Å². The fourth-order valence-electron chi connectivity index (χ4n) is 5.70. The van der Waals surface area contributed by atoms with Gasteiger partial charge in [0.05, 0.1) is 33.8 Å². The number of hydrogen-bond acceptors (Lipinski definition) is 4.